The molecule has 1 aromatic heterocycles. The molecule has 0 saturated heterocycles. The third-order valence-electron chi connectivity index (χ3n) is 2.81. The summed E-state index contributed by atoms with van der Waals surface area (Å²) >= 11 is 0. The number of aryl methyl sites for hydroxylation is 1. The molecule has 0 bridgehead atoms. The van der Waals surface area contributed by atoms with Gasteiger partial charge in [-0.1, -0.05) is 30.3 Å². The average Bonchev–Trinajstić information content (AvgIpc) is 2.97. The molecular weight excluding hydrogens is 275 g/mol. The molecule has 7 heteroatoms. The molecule has 0 unspecified atom stereocenters. The number of hydrogen-bond acceptors (Lipinski definition) is 4. The maximum atomic E-state index is 8.09. The van der Waals surface area contributed by atoms with Crippen molar-refractivity contribution in [2.75, 3.05) is 0 Å². The van der Waals surface area contributed by atoms with Gasteiger partial charge in [0.15, 0.2) is 0 Å². The molecule has 0 amide bonds. The third kappa shape index (κ3) is 4.53. The summed E-state index contributed by atoms with van der Waals surface area (Å²) in [5.74, 6) is 5.38. The van der Waals surface area contributed by atoms with Gasteiger partial charge in [-0.15, -0.1) is 23.9 Å². The maximum absolute atomic E-state index is 8.09. The molecule has 1 heterocycles. The van der Waals surface area contributed by atoms with Crippen molar-refractivity contribution in [1.82, 2.24) is 4.57 Å². The van der Waals surface area contributed by atoms with Crippen molar-refractivity contribution < 1.29 is 4.57 Å². The van der Waals surface area contributed by atoms with Crippen molar-refractivity contribution in [2.24, 2.45) is 7.05 Å². The first-order chi connectivity index (χ1) is 10.6. The molecule has 0 aliphatic heterocycles. The topological polar surface area (TPSA) is 104 Å². The highest BCUT2D eigenvalue weighted by Crippen LogP contribution is 2.00. The Bertz CT molecular complexity index is 721. The Kier molecular flexibility index (Phi) is 5.93. The van der Waals surface area contributed by atoms with Crippen LogP contribution in [0.15, 0.2) is 49.1 Å². The Balaban J connectivity index is 0.000000239. The van der Waals surface area contributed by atoms with Crippen molar-refractivity contribution in [3.63, 3.8) is 0 Å². The van der Waals surface area contributed by atoms with Gasteiger partial charge < -0.3 is 0 Å². The van der Waals surface area contributed by atoms with Crippen LogP contribution in [0, 0.1) is 44.9 Å². The van der Waals surface area contributed by atoms with Gasteiger partial charge in [0.1, 0.15) is 18.9 Å². The van der Waals surface area contributed by atoms with E-state index in [9.17, 15) is 0 Å². The summed E-state index contributed by atoms with van der Waals surface area (Å²) < 4.78 is 4.21. The van der Waals surface area contributed by atoms with Gasteiger partial charge in [-0.05, 0) is 5.56 Å². The second kappa shape index (κ2) is 7.90. The minimum Gasteiger partial charge on any atom is -0.245 e. The molecule has 6 nitrogen and oxygen atoms in total. The van der Waals surface area contributed by atoms with Crippen LogP contribution >= 0.6 is 0 Å². The number of benzene rings is 1. The van der Waals surface area contributed by atoms with E-state index in [1.54, 1.807) is 0 Å². The van der Waals surface area contributed by atoms with E-state index in [4.69, 9.17) is 21.0 Å². The van der Waals surface area contributed by atoms with Crippen molar-refractivity contribution in [2.45, 2.75) is 6.54 Å². The third-order valence-corrected chi connectivity index (χ3v) is 2.81. The van der Waals surface area contributed by atoms with Crippen LogP contribution in [0.4, 0.5) is 0 Å². The van der Waals surface area contributed by atoms with E-state index < -0.39 is 6.15 Å². The van der Waals surface area contributed by atoms with Gasteiger partial charge in [-0.2, -0.15) is 0 Å². The fraction of sp³-hybridized carbons (Fsp3) is 0.133. The fourth-order valence-electron chi connectivity index (χ4n) is 1.56. The molecular formula is C15H13BN6. The van der Waals surface area contributed by atoms with Crippen LogP contribution in [-0.4, -0.2) is 10.7 Å². The second-order valence-corrected chi connectivity index (χ2v) is 4.62. The Hall–Kier alpha value is -3.55. The molecule has 0 saturated carbocycles. The molecule has 0 fully saturated rings. The van der Waals surface area contributed by atoms with Gasteiger partial charge in [0, 0.05) is 0 Å². The van der Waals surface area contributed by atoms with E-state index >= 15 is 0 Å². The monoisotopic (exact) mass is 288 g/mol. The Labute approximate surface area is 129 Å². The van der Waals surface area contributed by atoms with E-state index in [0.717, 1.165) is 6.54 Å². The Morgan fingerprint density at radius 3 is 1.91 bits per heavy atom. The summed E-state index contributed by atoms with van der Waals surface area (Å²) in [5.41, 5.74) is 1.33. The van der Waals surface area contributed by atoms with Crippen LogP contribution in [0.25, 0.3) is 0 Å². The molecule has 2 rings (SSSR count). The second-order valence-electron chi connectivity index (χ2n) is 4.62. The normalized spacial score (nSPS) is 9.14. The first-order valence-corrected chi connectivity index (χ1v) is 6.44. The number of rotatable bonds is 2. The van der Waals surface area contributed by atoms with E-state index in [0.29, 0.717) is 0 Å². The zero-order valence-electron chi connectivity index (χ0n) is 12.1. The molecule has 106 valence electrons. The number of imidazole rings is 1. The molecule has 0 aliphatic rings. The molecule has 0 atom stereocenters. The lowest BCUT2D eigenvalue weighted by Crippen LogP contribution is -2.26. The molecule has 1 aromatic carbocycles. The number of nitrogens with zero attached hydrogens (tertiary/aromatic N) is 6. The van der Waals surface area contributed by atoms with Crippen molar-refractivity contribution >= 4 is 6.15 Å². The molecule has 0 aliphatic carbocycles. The van der Waals surface area contributed by atoms with Crippen molar-refractivity contribution in [1.29, 1.82) is 21.0 Å². The largest absolute Gasteiger partial charge is 0.383 e. The highest BCUT2D eigenvalue weighted by molar-refractivity contribution is 7.05. The summed E-state index contributed by atoms with van der Waals surface area (Å²) in [6.45, 7) is 0.946. The van der Waals surface area contributed by atoms with Crippen LogP contribution in [0.1, 0.15) is 5.56 Å². The van der Waals surface area contributed by atoms with E-state index in [-0.39, 0.29) is 0 Å². The highest BCUT2D eigenvalue weighted by atomic mass is 15.1. The number of hydrogen-bond donors (Lipinski definition) is 0. The summed E-state index contributed by atoms with van der Waals surface area (Å²) in [7, 11) is 2.03. The van der Waals surface area contributed by atoms with Gasteiger partial charge in [-0.3, -0.25) is 0 Å². The zero-order chi connectivity index (χ0) is 16.4. The lowest BCUT2D eigenvalue weighted by atomic mass is 9.30. The van der Waals surface area contributed by atoms with Gasteiger partial charge in [0.05, 0.1) is 7.05 Å². The van der Waals surface area contributed by atoms with Gasteiger partial charge >= 0.3 is 6.15 Å². The predicted molar refractivity (Wildman–Crippen MR) is 79.4 cm³/mol. The number of aromatic nitrogens is 2. The summed E-state index contributed by atoms with van der Waals surface area (Å²) in [4.78, 5) is 0. The average molecular weight is 288 g/mol. The zero-order valence-corrected chi connectivity index (χ0v) is 12.1. The summed E-state index contributed by atoms with van der Waals surface area (Å²) in [6, 6.07) is 10.5. The maximum Gasteiger partial charge on any atom is 0.383 e. The summed E-state index contributed by atoms with van der Waals surface area (Å²) in [6.07, 6.45) is 3.48. The molecule has 0 radical (unpaired) electrons. The Morgan fingerprint density at radius 2 is 1.55 bits per heavy atom. The fourth-order valence-corrected chi connectivity index (χ4v) is 1.56. The number of nitriles is 4. The quantitative estimate of drug-likeness (QED) is 0.608. The predicted octanol–water partition coefficient (Wildman–Crippen LogP) is 1.05. The molecule has 22 heavy (non-hydrogen) atoms. The molecule has 0 N–H and O–H groups in total. The Morgan fingerprint density at radius 1 is 1.00 bits per heavy atom. The smallest absolute Gasteiger partial charge is 0.245 e. The van der Waals surface area contributed by atoms with Gasteiger partial charge in [-0.25, -0.2) is 30.2 Å². The van der Waals surface area contributed by atoms with E-state index in [2.05, 4.69) is 41.4 Å². The standard InChI is InChI=1S/C11H13N2.C4BN4/c1-12-7-8-13(10-12)9-11-5-3-2-4-6-11;6-1-5(2-7,3-8)4-9/h2-8,10H,9H2,1H3;/q+1;-1. The van der Waals surface area contributed by atoms with Gasteiger partial charge in [0.2, 0.25) is 6.33 Å². The first kappa shape index (κ1) is 16.5. The first-order valence-electron chi connectivity index (χ1n) is 6.44. The van der Waals surface area contributed by atoms with Crippen LogP contribution in [0.5, 0.6) is 0 Å². The molecule has 0 spiro atoms. The minimum atomic E-state index is -2.72. The van der Waals surface area contributed by atoms with E-state index in [1.807, 2.05) is 23.9 Å². The van der Waals surface area contributed by atoms with Crippen molar-refractivity contribution in [3.8, 4) is 23.9 Å². The van der Waals surface area contributed by atoms with Crippen LogP contribution in [0.3, 0.4) is 0 Å². The SMILES string of the molecule is C[n+]1ccn(Cc2ccccc2)c1.N#C[B-](C#N)(C#N)C#N. The highest BCUT2D eigenvalue weighted by Gasteiger charge is 2.22. The van der Waals surface area contributed by atoms with Crippen LogP contribution < -0.4 is 4.57 Å². The van der Waals surface area contributed by atoms with Gasteiger partial charge in [0.25, 0.3) is 0 Å². The van der Waals surface area contributed by atoms with E-state index in [1.165, 1.54) is 29.4 Å². The van der Waals surface area contributed by atoms with Crippen LogP contribution in [0.2, 0.25) is 0 Å². The van der Waals surface area contributed by atoms with Crippen LogP contribution in [-0.2, 0) is 13.6 Å². The van der Waals surface area contributed by atoms with Crippen molar-refractivity contribution in [3.05, 3.63) is 54.6 Å². The minimum absolute atomic E-state index is 0.946. The molecule has 2 aromatic rings. The summed E-state index contributed by atoms with van der Waals surface area (Å²) in [5, 5.41) is 32.3. The lowest BCUT2D eigenvalue weighted by Gasteiger charge is -1.98. The lowest BCUT2D eigenvalue weighted by molar-refractivity contribution is -0.671.